The Labute approximate surface area is 259 Å². The molecule has 15 heteroatoms. The van der Waals surface area contributed by atoms with Gasteiger partial charge < -0.3 is 64.7 Å². The molecule has 0 aromatic carbocycles. The minimum Gasteiger partial charge on any atom is -0.477 e. The van der Waals surface area contributed by atoms with Gasteiger partial charge >= 0.3 is 11.9 Å². The van der Waals surface area contributed by atoms with Gasteiger partial charge in [-0.2, -0.15) is 0 Å². The Bertz CT molecular complexity index is 1220. The SMILES string of the molecule is C=CC1C(OC2OC(CO)C(O)C(O)(O)C2O)OC=C(C(=O)OC2CCCCC2)C1(O)C=CC1=CC(C(=O)O)=C[NH+](CCO)C1. The van der Waals surface area contributed by atoms with Crippen molar-refractivity contribution in [2.45, 2.75) is 80.5 Å². The third-order valence-corrected chi connectivity index (χ3v) is 8.45. The van der Waals surface area contributed by atoms with Crippen molar-refractivity contribution in [2.75, 3.05) is 26.3 Å². The highest BCUT2D eigenvalue weighted by Crippen LogP contribution is 2.40. The number of rotatable bonds is 11. The fourth-order valence-corrected chi connectivity index (χ4v) is 5.86. The van der Waals surface area contributed by atoms with Crippen molar-refractivity contribution in [3.8, 4) is 0 Å². The molecule has 8 atom stereocenters. The van der Waals surface area contributed by atoms with E-state index in [0.717, 1.165) is 25.5 Å². The number of ether oxygens (including phenoxy) is 4. The molecule has 1 aliphatic carbocycles. The normalized spacial score (nSPS) is 35.5. The Morgan fingerprint density at radius 2 is 1.80 bits per heavy atom. The number of carbonyl (C=O) groups excluding carboxylic acids is 1. The molecule has 250 valence electrons. The number of carboxylic acids is 1. The lowest BCUT2D eigenvalue weighted by atomic mass is 9.78. The summed E-state index contributed by atoms with van der Waals surface area (Å²) < 4.78 is 22.4. The van der Waals surface area contributed by atoms with Crippen molar-refractivity contribution in [1.29, 1.82) is 0 Å². The third kappa shape index (κ3) is 7.55. The Balaban J connectivity index is 1.68. The van der Waals surface area contributed by atoms with Gasteiger partial charge in [-0.3, -0.25) is 0 Å². The van der Waals surface area contributed by atoms with E-state index < -0.39 is 66.7 Å². The number of hydrogen-bond donors (Lipinski definition) is 9. The molecule has 8 unspecified atom stereocenters. The van der Waals surface area contributed by atoms with E-state index in [1.807, 2.05) is 0 Å². The largest absolute Gasteiger partial charge is 0.477 e. The summed E-state index contributed by atoms with van der Waals surface area (Å²) in [6.07, 6.45) is 1.86. The van der Waals surface area contributed by atoms with E-state index in [2.05, 4.69) is 6.58 Å². The lowest BCUT2D eigenvalue weighted by Gasteiger charge is -2.47. The number of hydrogen-bond acceptors (Lipinski definition) is 13. The monoisotopic (exact) mass is 640 g/mol. The summed E-state index contributed by atoms with van der Waals surface area (Å²) >= 11 is 0. The molecule has 4 aliphatic rings. The quantitative estimate of drug-likeness (QED) is 0.0627. The number of aliphatic hydroxyl groups is 7. The molecule has 1 saturated heterocycles. The van der Waals surface area contributed by atoms with Crippen LogP contribution in [-0.2, 0) is 28.5 Å². The molecule has 0 bridgehead atoms. The molecular weight excluding hydrogens is 598 g/mol. The van der Waals surface area contributed by atoms with E-state index in [-0.39, 0.29) is 36.9 Å². The molecule has 45 heavy (non-hydrogen) atoms. The number of nitrogens with one attached hydrogen (secondary N) is 1. The molecule has 3 heterocycles. The fraction of sp³-hybridized carbons (Fsp3) is 0.600. The highest BCUT2D eigenvalue weighted by atomic mass is 16.8. The molecule has 1 saturated carbocycles. The minimum atomic E-state index is -3.15. The van der Waals surface area contributed by atoms with Gasteiger partial charge in [-0.15, -0.1) is 6.58 Å². The standard InChI is InChI=1S/C30H41NO14/c1-2-20-27(45-28-24(35)30(40,41)23(34)22(15-33)44-28)42-16-21(26(38)43-19-6-4-3-5-7-19)29(20,39)9-8-17-12-18(25(36)37)14-31(13-17)10-11-32/h2,8-9,12,14,16,19-20,22-24,27-28,32-35,39-41H,1,3-7,10-11,13,15H2,(H,36,37)/p+1. The van der Waals surface area contributed by atoms with E-state index in [4.69, 9.17) is 18.9 Å². The maximum Gasteiger partial charge on any atom is 0.341 e. The predicted octanol–water partition coefficient (Wildman–Crippen LogP) is -2.89. The Morgan fingerprint density at radius 1 is 1.09 bits per heavy atom. The second kappa shape index (κ2) is 14.6. The molecule has 0 amide bonds. The van der Waals surface area contributed by atoms with Crippen molar-refractivity contribution < 1.29 is 74.3 Å². The number of quaternary nitrogens is 1. The average molecular weight is 641 g/mol. The number of carbonyl (C=O) groups is 2. The van der Waals surface area contributed by atoms with Crippen LogP contribution in [0.3, 0.4) is 0 Å². The molecular formula is C30H42NO14+. The molecule has 0 radical (unpaired) electrons. The molecule has 15 nitrogen and oxygen atoms in total. The number of aliphatic carboxylic acids is 1. The van der Waals surface area contributed by atoms with Crippen LogP contribution < -0.4 is 4.90 Å². The molecule has 0 spiro atoms. The summed E-state index contributed by atoms with van der Waals surface area (Å²) in [7, 11) is 0. The first-order valence-electron chi connectivity index (χ1n) is 14.8. The van der Waals surface area contributed by atoms with Gasteiger partial charge in [0.2, 0.25) is 12.1 Å². The zero-order valence-corrected chi connectivity index (χ0v) is 24.6. The lowest BCUT2D eigenvalue weighted by molar-refractivity contribution is -0.842. The first kappa shape index (κ1) is 34.9. The van der Waals surface area contributed by atoms with Crippen LogP contribution in [0.2, 0.25) is 0 Å². The van der Waals surface area contributed by atoms with Gasteiger partial charge in [0.1, 0.15) is 60.6 Å². The zero-order valence-electron chi connectivity index (χ0n) is 24.6. The van der Waals surface area contributed by atoms with Crippen molar-refractivity contribution >= 4 is 11.9 Å². The summed E-state index contributed by atoms with van der Waals surface area (Å²) in [5.41, 5.74) is -2.19. The average Bonchev–Trinajstić information content (AvgIpc) is 3.01. The highest BCUT2D eigenvalue weighted by molar-refractivity contribution is 5.92. The zero-order chi connectivity index (χ0) is 32.9. The van der Waals surface area contributed by atoms with Crippen LogP contribution in [0.15, 0.2) is 60.1 Å². The first-order valence-corrected chi connectivity index (χ1v) is 14.8. The number of aliphatic hydroxyl groups excluding tert-OH is 4. The molecule has 4 rings (SSSR count). The van der Waals surface area contributed by atoms with E-state index >= 15 is 0 Å². The van der Waals surface area contributed by atoms with E-state index in [9.17, 15) is 50.4 Å². The van der Waals surface area contributed by atoms with Gasteiger partial charge in [0.05, 0.1) is 19.1 Å². The Kier molecular flexibility index (Phi) is 11.4. The minimum absolute atomic E-state index is 0.0437. The van der Waals surface area contributed by atoms with Gasteiger partial charge in [0.15, 0.2) is 12.4 Å². The van der Waals surface area contributed by atoms with Crippen LogP contribution in [0.25, 0.3) is 0 Å². The van der Waals surface area contributed by atoms with Crippen LogP contribution in [0.1, 0.15) is 32.1 Å². The van der Waals surface area contributed by atoms with Crippen molar-refractivity contribution in [3.05, 3.63) is 60.1 Å². The summed E-state index contributed by atoms with van der Waals surface area (Å²) in [6, 6.07) is 0. The topological polar surface area (TPSA) is 237 Å². The van der Waals surface area contributed by atoms with Gasteiger partial charge in [-0.25, -0.2) is 9.59 Å². The molecule has 0 aromatic rings. The second-order valence-corrected chi connectivity index (χ2v) is 11.6. The maximum absolute atomic E-state index is 13.5. The smallest absolute Gasteiger partial charge is 0.341 e. The van der Waals surface area contributed by atoms with Gasteiger partial charge in [0.25, 0.3) is 0 Å². The predicted molar refractivity (Wildman–Crippen MR) is 151 cm³/mol. The maximum atomic E-state index is 13.5. The summed E-state index contributed by atoms with van der Waals surface area (Å²) in [4.78, 5) is 25.8. The summed E-state index contributed by atoms with van der Waals surface area (Å²) in [5, 5.41) is 81.9. The number of carboxylic acid groups (broad SMARTS) is 1. The molecule has 2 fully saturated rings. The third-order valence-electron chi connectivity index (χ3n) is 8.45. The van der Waals surface area contributed by atoms with E-state index in [0.29, 0.717) is 23.3 Å². The van der Waals surface area contributed by atoms with Crippen molar-refractivity contribution in [2.24, 2.45) is 5.92 Å². The second-order valence-electron chi connectivity index (χ2n) is 11.6. The lowest BCUT2D eigenvalue weighted by Crippen LogP contribution is -3.08. The van der Waals surface area contributed by atoms with Gasteiger partial charge in [0, 0.05) is 5.57 Å². The Hall–Kier alpha value is -2.96. The number of esters is 1. The van der Waals surface area contributed by atoms with Crippen LogP contribution >= 0.6 is 0 Å². The van der Waals surface area contributed by atoms with Crippen LogP contribution in [-0.4, -0.2) is 127 Å². The van der Waals surface area contributed by atoms with Gasteiger partial charge in [-0.05, 0) is 37.8 Å². The van der Waals surface area contributed by atoms with Crippen LogP contribution in [0.5, 0.6) is 0 Å². The van der Waals surface area contributed by atoms with Crippen molar-refractivity contribution in [1.82, 2.24) is 0 Å². The molecule has 9 N–H and O–H groups in total. The van der Waals surface area contributed by atoms with Crippen LogP contribution in [0, 0.1) is 5.92 Å². The summed E-state index contributed by atoms with van der Waals surface area (Å²) in [6.45, 7) is 3.13. The van der Waals surface area contributed by atoms with Crippen LogP contribution in [0.4, 0.5) is 0 Å². The highest BCUT2D eigenvalue weighted by Gasteiger charge is 2.57. The van der Waals surface area contributed by atoms with E-state index in [1.165, 1.54) is 30.5 Å². The molecule has 3 aliphatic heterocycles. The van der Waals surface area contributed by atoms with Gasteiger partial charge in [-0.1, -0.05) is 18.6 Å². The first-order chi connectivity index (χ1) is 21.3. The van der Waals surface area contributed by atoms with E-state index in [1.54, 1.807) is 0 Å². The summed E-state index contributed by atoms with van der Waals surface area (Å²) in [5.74, 6) is -6.57. The molecule has 0 aromatic heterocycles. The fourth-order valence-electron chi connectivity index (χ4n) is 5.86. The van der Waals surface area contributed by atoms with Crippen molar-refractivity contribution in [3.63, 3.8) is 0 Å². The Morgan fingerprint density at radius 3 is 2.42 bits per heavy atom.